The molecule has 22 heavy (non-hydrogen) atoms. The van der Waals surface area contributed by atoms with Crippen LogP contribution in [-0.4, -0.2) is 10.9 Å². The first-order valence-corrected chi connectivity index (χ1v) is 7.50. The van der Waals surface area contributed by atoms with Gasteiger partial charge in [-0.25, -0.2) is 0 Å². The molecule has 1 amide bonds. The fourth-order valence-electron chi connectivity index (χ4n) is 2.57. The Bertz CT molecular complexity index is 709. The second-order valence-electron chi connectivity index (χ2n) is 5.42. The summed E-state index contributed by atoms with van der Waals surface area (Å²) in [7, 11) is 0. The third kappa shape index (κ3) is 3.23. The van der Waals surface area contributed by atoms with E-state index in [2.05, 4.69) is 10.3 Å². The van der Waals surface area contributed by atoms with E-state index in [1.165, 1.54) is 0 Å². The van der Waals surface area contributed by atoms with Crippen LogP contribution < -0.4 is 11.1 Å². The van der Waals surface area contributed by atoms with Crippen molar-refractivity contribution in [2.24, 2.45) is 5.73 Å². The van der Waals surface area contributed by atoms with Crippen molar-refractivity contribution in [1.82, 2.24) is 4.98 Å². The van der Waals surface area contributed by atoms with Gasteiger partial charge >= 0.3 is 0 Å². The number of pyridine rings is 1. The predicted molar refractivity (Wildman–Crippen MR) is 88.2 cm³/mol. The molecule has 0 spiro atoms. The fourth-order valence-corrected chi connectivity index (χ4v) is 2.57. The van der Waals surface area contributed by atoms with Crippen LogP contribution in [0.1, 0.15) is 31.0 Å². The molecule has 3 N–H and O–H groups in total. The first kappa shape index (κ1) is 14.5. The van der Waals surface area contributed by atoms with Crippen LogP contribution >= 0.6 is 0 Å². The Morgan fingerprint density at radius 3 is 2.95 bits per heavy atom. The SMILES string of the molecule is N[C@H]1CC=CCCC(=O)Nc2ccccc2-c2ccnc1c2. The number of aromatic nitrogens is 1. The van der Waals surface area contributed by atoms with Crippen LogP contribution in [0.3, 0.4) is 0 Å². The van der Waals surface area contributed by atoms with Crippen molar-refractivity contribution >= 4 is 11.6 Å². The number of rotatable bonds is 0. The zero-order valence-electron chi connectivity index (χ0n) is 12.3. The number of benzene rings is 1. The zero-order chi connectivity index (χ0) is 15.4. The Hall–Kier alpha value is -2.46. The minimum Gasteiger partial charge on any atom is -0.326 e. The van der Waals surface area contributed by atoms with Crippen LogP contribution in [-0.2, 0) is 4.79 Å². The minimum absolute atomic E-state index is 0.0231. The Morgan fingerprint density at radius 1 is 1.18 bits per heavy atom. The maximum absolute atomic E-state index is 12.1. The zero-order valence-corrected chi connectivity index (χ0v) is 12.3. The van der Waals surface area contributed by atoms with Gasteiger partial charge in [0.25, 0.3) is 0 Å². The molecule has 1 aliphatic heterocycles. The average Bonchev–Trinajstić information content (AvgIpc) is 2.55. The van der Waals surface area contributed by atoms with E-state index in [4.69, 9.17) is 5.73 Å². The highest BCUT2D eigenvalue weighted by Crippen LogP contribution is 2.29. The van der Waals surface area contributed by atoms with Crippen molar-refractivity contribution in [2.75, 3.05) is 5.32 Å². The third-order valence-electron chi connectivity index (χ3n) is 3.77. The normalized spacial score (nSPS) is 18.4. The van der Waals surface area contributed by atoms with Crippen molar-refractivity contribution in [3.05, 3.63) is 60.4 Å². The van der Waals surface area contributed by atoms with Crippen molar-refractivity contribution in [3.63, 3.8) is 0 Å². The van der Waals surface area contributed by atoms with Gasteiger partial charge < -0.3 is 11.1 Å². The molecule has 112 valence electrons. The highest BCUT2D eigenvalue weighted by Gasteiger charge is 2.12. The first-order valence-electron chi connectivity index (χ1n) is 7.50. The summed E-state index contributed by atoms with van der Waals surface area (Å²) in [5.74, 6) is 0.0231. The minimum atomic E-state index is -0.132. The van der Waals surface area contributed by atoms with Crippen molar-refractivity contribution in [2.45, 2.75) is 25.3 Å². The molecular weight excluding hydrogens is 274 g/mol. The number of amides is 1. The summed E-state index contributed by atoms with van der Waals surface area (Å²) >= 11 is 0. The largest absolute Gasteiger partial charge is 0.326 e. The second kappa shape index (κ2) is 6.54. The topological polar surface area (TPSA) is 68.0 Å². The monoisotopic (exact) mass is 293 g/mol. The van der Waals surface area contributed by atoms with Gasteiger partial charge in [0.2, 0.25) is 5.91 Å². The Kier molecular flexibility index (Phi) is 4.30. The van der Waals surface area contributed by atoms with Crippen LogP contribution in [0.15, 0.2) is 54.7 Å². The van der Waals surface area contributed by atoms with E-state index in [1.807, 2.05) is 48.6 Å². The Balaban J connectivity index is 2.07. The van der Waals surface area contributed by atoms with Gasteiger partial charge in [-0.1, -0.05) is 30.4 Å². The molecule has 1 atom stereocenters. The van der Waals surface area contributed by atoms with Gasteiger partial charge in [-0.05, 0) is 36.6 Å². The molecule has 1 aliphatic rings. The van der Waals surface area contributed by atoms with Crippen molar-refractivity contribution in [3.8, 4) is 11.1 Å². The molecule has 0 fully saturated rings. The lowest BCUT2D eigenvalue weighted by Gasteiger charge is -2.13. The molecule has 0 unspecified atom stereocenters. The highest BCUT2D eigenvalue weighted by atomic mass is 16.1. The van der Waals surface area contributed by atoms with Crippen molar-refractivity contribution < 1.29 is 4.79 Å². The van der Waals surface area contributed by atoms with Crippen LogP contribution in [0, 0.1) is 0 Å². The molecule has 3 rings (SSSR count). The summed E-state index contributed by atoms with van der Waals surface area (Å²) in [5.41, 5.74) is 9.89. The molecule has 4 heteroatoms. The number of nitrogens with zero attached hydrogens (tertiary/aromatic N) is 1. The highest BCUT2D eigenvalue weighted by molar-refractivity contribution is 5.95. The molecular formula is C18H19N3O. The van der Waals surface area contributed by atoms with E-state index >= 15 is 0 Å². The summed E-state index contributed by atoms with van der Waals surface area (Å²) < 4.78 is 0. The molecule has 0 saturated heterocycles. The molecule has 0 aliphatic carbocycles. The number of fused-ring (bicyclic) bond motifs is 4. The average molecular weight is 293 g/mol. The summed E-state index contributed by atoms with van der Waals surface area (Å²) in [6, 6.07) is 11.6. The van der Waals surface area contributed by atoms with Gasteiger partial charge in [0.05, 0.1) is 11.7 Å². The predicted octanol–water partition coefficient (Wildman–Crippen LogP) is 3.43. The maximum Gasteiger partial charge on any atom is 0.224 e. The van der Waals surface area contributed by atoms with E-state index < -0.39 is 0 Å². The Morgan fingerprint density at radius 2 is 2.05 bits per heavy atom. The molecule has 2 bridgehead atoms. The lowest BCUT2D eigenvalue weighted by atomic mass is 10.0. The number of anilines is 1. The van der Waals surface area contributed by atoms with Gasteiger partial charge in [-0.15, -0.1) is 0 Å². The smallest absolute Gasteiger partial charge is 0.224 e. The van der Waals surface area contributed by atoms with Gasteiger partial charge in [-0.2, -0.15) is 0 Å². The number of nitrogens with two attached hydrogens (primary N) is 1. The molecule has 2 heterocycles. The van der Waals surface area contributed by atoms with Crippen LogP contribution in [0.25, 0.3) is 11.1 Å². The van der Waals surface area contributed by atoms with E-state index in [0.717, 1.165) is 28.9 Å². The summed E-state index contributed by atoms with van der Waals surface area (Å²) in [5, 5.41) is 2.99. The van der Waals surface area contributed by atoms with Crippen LogP contribution in [0.2, 0.25) is 0 Å². The standard InChI is InChI=1S/C18H19N3O/c19-15-7-2-1-3-9-18(22)21-16-8-5-4-6-14(16)13-10-11-20-17(15)12-13/h1-2,4-6,8,10-12,15H,3,7,9,19H2,(H,21,22)/t15-/m0/s1. The molecule has 0 saturated carbocycles. The van der Waals surface area contributed by atoms with Gasteiger partial charge in [-0.3, -0.25) is 9.78 Å². The van der Waals surface area contributed by atoms with Gasteiger partial charge in [0.15, 0.2) is 0 Å². The second-order valence-corrected chi connectivity index (χ2v) is 5.42. The lowest BCUT2D eigenvalue weighted by Crippen LogP contribution is -2.11. The number of carbonyl (C=O) groups excluding carboxylic acids is 1. The summed E-state index contributed by atoms with van der Waals surface area (Å²) in [6.07, 6.45) is 7.71. The number of allylic oxidation sites excluding steroid dienone is 1. The molecule has 2 aromatic rings. The first-order chi connectivity index (χ1) is 10.7. The number of para-hydroxylation sites is 1. The van der Waals surface area contributed by atoms with Crippen LogP contribution in [0.4, 0.5) is 5.69 Å². The number of carbonyl (C=O) groups is 1. The number of hydrogen-bond donors (Lipinski definition) is 2. The Labute approximate surface area is 130 Å². The van der Waals surface area contributed by atoms with E-state index in [0.29, 0.717) is 12.8 Å². The van der Waals surface area contributed by atoms with Gasteiger partial charge in [0, 0.05) is 23.9 Å². The lowest BCUT2D eigenvalue weighted by molar-refractivity contribution is -0.116. The molecule has 1 aromatic heterocycles. The van der Waals surface area contributed by atoms with E-state index in [-0.39, 0.29) is 11.9 Å². The van der Waals surface area contributed by atoms with Gasteiger partial charge in [0.1, 0.15) is 0 Å². The summed E-state index contributed by atoms with van der Waals surface area (Å²) in [4.78, 5) is 16.4. The fraction of sp³-hybridized carbons (Fsp3) is 0.222. The van der Waals surface area contributed by atoms with E-state index in [1.54, 1.807) is 6.20 Å². The maximum atomic E-state index is 12.1. The van der Waals surface area contributed by atoms with Crippen molar-refractivity contribution in [1.29, 1.82) is 0 Å². The molecule has 1 aromatic carbocycles. The summed E-state index contributed by atoms with van der Waals surface area (Å²) in [6.45, 7) is 0. The van der Waals surface area contributed by atoms with Crippen LogP contribution in [0.5, 0.6) is 0 Å². The van der Waals surface area contributed by atoms with E-state index in [9.17, 15) is 4.79 Å². The molecule has 4 nitrogen and oxygen atoms in total. The quantitative estimate of drug-likeness (QED) is 0.731. The third-order valence-corrected chi connectivity index (χ3v) is 3.77. The number of nitrogens with one attached hydrogen (secondary N) is 1. The molecule has 0 radical (unpaired) electrons. The number of hydrogen-bond acceptors (Lipinski definition) is 3.